The number of hydrogen-bond donors (Lipinski definition) is 1. The van der Waals surface area contributed by atoms with Crippen LogP contribution in [-0.2, 0) is 16.0 Å². The molecule has 0 saturated heterocycles. The first kappa shape index (κ1) is 26.7. The van der Waals surface area contributed by atoms with Crippen LogP contribution in [0.5, 0.6) is 0 Å². The van der Waals surface area contributed by atoms with Gasteiger partial charge in [-0.25, -0.2) is 4.98 Å². The lowest BCUT2D eigenvalue weighted by atomic mass is 9.44. The smallest absolute Gasteiger partial charge is 0.305 e. The van der Waals surface area contributed by atoms with Gasteiger partial charge in [-0.15, -0.1) is 11.3 Å². The number of fused-ring (bicyclic) bond motifs is 6. The Morgan fingerprint density at radius 3 is 2.68 bits per heavy atom. The first-order chi connectivity index (χ1) is 18.3. The summed E-state index contributed by atoms with van der Waals surface area (Å²) in [6.07, 6.45) is 14.8. The zero-order valence-electron chi connectivity index (χ0n) is 23.7. The summed E-state index contributed by atoms with van der Waals surface area (Å²) < 4.78 is 7.36. The fraction of sp³-hybridized carbons (Fsp3) is 0.758. The summed E-state index contributed by atoms with van der Waals surface area (Å²) in [5.41, 5.74) is 2.12. The molecule has 38 heavy (non-hydrogen) atoms. The summed E-state index contributed by atoms with van der Waals surface area (Å²) in [6.45, 7) is 8.22. The van der Waals surface area contributed by atoms with Gasteiger partial charge in [-0.3, -0.25) is 4.79 Å². The lowest BCUT2D eigenvalue weighted by molar-refractivity contribution is -0.144. The van der Waals surface area contributed by atoms with Crippen LogP contribution in [0.3, 0.4) is 0 Å². The number of aliphatic carboxylic acids is 1. The average Bonchev–Trinajstić information content (AvgIpc) is 3.47. The highest BCUT2D eigenvalue weighted by molar-refractivity contribution is 7.18. The first-order valence-corrected chi connectivity index (χ1v) is 16.3. The molecule has 1 heterocycles. The Morgan fingerprint density at radius 2 is 1.87 bits per heavy atom. The van der Waals surface area contributed by atoms with Crippen molar-refractivity contribution in [2.45, 2.75) is 104 Å². The Hall–Kier alpha value is -1.46. The summed E-state index contributed by atoms with van der Waals surface area (Å²) in [4.78, 5) is 15.8. The molecular weight excluding hydrogens is 490 g/mol. The molecule has 0 unspecified atom stereocenters. The van der Waals surface area contributed by atoms with Gasteiger partial charge in [-0.2, -0.15) is 0 Å². The standard InChI is InChI=1S/C33H47NO3S/c1-21(8-13-30-34-28-6-4-5-7-29(28)38-30)25-11-12-26-24-10-9-22-20-23(37-19-16-31(35)36)14-17-32(22,2)27(24)15-18-33(25,26)3/h4-7,21-27H,8-20H2,1-3H3,(H,35,36)/t21-,22-,23-,24+,25-,26+,27+,32-,33-/m0/s1. The molecule has 0 spiro atoms. The minimum atomic E-state index is -0.752. The van der Waals surface area contributed by atoms with E-state index in [0.29, 0.717) is 17.4 Å². The van der Waals surface area contributed by atoms with Crippen molar-refractivity contribution in [2.75, 3.05) is 6.61 Å². The van der Waals surface area contributed by atoms with E-state index in [2.05, 4.69) is 45.0 Å². The molecule has 4 aliphatic carbocycles. The molecule has 1 aromatic carbocycles. The highest BCUT2D eigenvalue weighted by atomic mass is 32.1. The van der Waals surface area contributed by atoms with Crippen LogP contribution in [0.15, 0.2) is 24.3 Å². The van der Waals surface area contributed by atoms with Crippen LogP contribution >= 0.6 is 11.3 Å². The average molecular weight is 538 g/mol. The quantitative estimate of drug-likeness (QED) is 0.367. The van der Waals surface area contributed by atoms with Gasteiger partial charge in [0.1, 0.15) is 0 Å². The van der Waals surface area contributed by atoms with Crippen molar-refractivity contribution in [1.29, 1.82) is 0 Å². The van der Waals surface area contributed by atoms with Crippen LogP contribution in [0, 0.1) is 46.3 Å². The number of carboxylic acid groups (broad SMARTS) is 1. The molecule has 0 bridgehead atoms. The third-order valence-corrected chi connectivity index (χ3v) is 13.3. The Balaban J connectivity index is 1.09. The van der Waals surface area contributed by atoms with E-state index >= 15 is 0 Å². The molecule has 2 aromatic rings. The molecule has 6 rings (SSSR count). The second-order valence-electron chi connectivity index (χ2n) is 13.9. The number of hydrogen-bond acceptors (Lipinski definition) is 4. The second-order valence-corrected chi connectivity index (χ2v) is 15.0. The summed E-state index contributed by atoms with van der Waals surface area (Å²) >= 11 is 1.89. The number of aromatic nitrogens is 1. The second kappa shape index (κ2) is 10.5. The van der Waals surface area contributed by atoms with Gasteiger partial charge in [0.05, 0.1) is 34.4 Å². The number of benzene rings is 1. The Bertz CT molecular complexity index is 1110. The van der Waals surface area contributed by atoms with E-state index in [1.807, 2.05) is 11.3 Å². The molecule has 9 atom stereocenters. The maximum atomic E-state index is 10.9. The Labute approximate surface area is 233 Å². The van der Waals surface area contributed by atoms with Gasteiger partial charge in [-0.1, -0.05) is 32.9 Å². The van der Waals surface area contributed by atoms with Crippen molar-refractivity contribution >= 4 is 27.5 Å². The molecular formula is C33H47NO3S. The topological polar surface area (TPSA) is 59.4 Å². The maximum Gasteiger partial charge on any atom is 0.305 e. The van der Waals surface area contributed by atoms with Crippen molar-refractivity contribution in [1.82, 2.24) is 4.98 Å². The minimum absolute atomic E-state index is 0.129. The SMILES string of the molecule is C[C@@H](CCc1nc2ccccc2s1)[C@@H]1CC[C@@H]2[C@H]3CC[C@H]4C[C@@H](OCCC(=O)O)CC[C@]4(C)[C@@H]3CC[C@]21C. The van der Waals surface area contributed by atoms with Crippen molar-refractivity contribution in [3.63, 3.8) is 0 Å². The van der Waals surface area contributed by atoms with Crippen molar-refractivity contribution in [3.05, 3.63) is 29.3 Å². The summed E-state index contributed by atoms with van der Waals surface area (Å²) in [6, 6.07) is 8.57. The van der Waals surface area contributed by atoms with E-state index in [0.717, 1.165) is 60.3 Å². The van der Waals surface area contributed by atoms with Crippen molar-refractivity contribution in [3.8, 4) is 0 Å². The Morgan fingerprint density at radius 1 is 1.08 bits per heavy atom. The molecule has 0 aliphatic heterocycles. The largest absolute Gasteiger partial charge is 0.481 e. The van der Waals surface area contributed by atoms with Crippen LogP contribution < -0.4 is 0 Å². The van der Waals surface area contributed by atoms with E-state index in [1.54, 1.807) is 0 Å². The van der Waals surface area contributed by atoms with Gasteiger partial charge in [0.2, 0.25) is 0 Å². The van der Waals surface area contributed by atoms with Crippen LogP contribution in [-0.4, -0.2) is 28.8 Å². The lowest BCUT2D eigenvalue weighted by Gasteiger charge is -2.61. The molecule has 5 heteroatoms. The Kier molecular flexibility index (Phi) is 7.39. The normalized spacial score (nSPS) is 39.3. The number of carbonyl (C=O) groups is 1. The fourth-order valence-corrected chi connectivity index (χ4v) is 11.2. The number of carboxylic acids is 1. The molecule has 0 radical (unpaired) electrons. The molecule has 4 saturated carbocycles. The van der Waals surface area contributed by atoms with Gasteiger partial charge >= 0.3 is 5.97 Å². The van der Waals surface area contributed by atoms with Gasteiger partial charge < -0.3 is 9.84 Å². The van der Waals surface area contributed by atoms with Gasteiger partial charge in [0.25, 0.3) is 0 Å². The van der Waals surface area contributed by atoms with E-state index < -0.39 is 5.97 Å². The first-order valence-electron chi connectivity index (χ1n) is 15.5. The fourth-order valence-electron chi connectivity index (χ4n) is 10.2. The van der Waals surface area contributed by atoms with Gasteiger partial charge in [0, 0.05) is 0 Å². The van der Waals surface area contributed by atoms with E-state index in [-0.39, 0.29) is 12.5 Å². The van der Waals surface area contributed by atoms with Crippen molar-refractivity contribution in [2.24, 2.45) is 46.3 Å². The number of ether oxygens (including phenoxy) is 1. The van der Waals surface area contributed by atoms with E-state index in [1.165, 1.54) is 61.1 Å². The van der Waals surface area contributed by atoms with E-state index in [9.17, 15) is 4.79 Å². The molecule has 4 fully saturated rings. The van der Waals surface area contributed by atoms with Crippen molar-refractivity contribution < 1.29 is 14.6 Å². The van der Waals surface area contributed by atoms with Crippen LogP contribution in [0.25, 0.3) is 10.2 Å². The van der Waals surface area contributed by atoms with Gasteiger partial charge in [0.15, 0.2) is 0 Å². The molecule has 1 aromatic heterocycles. The third-order valence-electron chi connectivity index (χ3n) is 12.2. The monoisotopic (exact) mass is 537 g/mol. The third kappa shape index (κ3) is 4.74. The zero-order valence-corrected chi connectivity index (χ0v) is 24.5. The predicted molar refractivity (Wildman–Crippen MR) is 154 cm³/mol. The molecule has 208 valence electrons. The summed E-state index contributed by atoms with van der Waals surface area (Å²) in [5.74, 6) is 4.29. The number of rotatable bonds is 8. The van der Waals surface area contributed by atoms with Crippen LogP contribution in [0.2, 0.25) is 0 Å². The van der Waals surface area contributed by atoms with Crippen LogP contribution in [0.4, 0.5) is 0 Å². The number of nitrogens with zero attached hydrogens (tertiary/aromatic N) is 1. The number of aryl methyl sites for hydroxylation is 1. The van der Waals surface area contributed by atoms with E-state index in [4.69, 9.17) is 14.8 Å². The van der Waals surface area contributed by atoms with Gasteiger partial charge in [-0.05, 0) is 129 Å². The molecule has 4 nitrogen and oxygen atoms in total. The molecule has 0 amide bonds. The zero-order chi connectivity index (χ0) is 26.5. The highest BCUT2D eigenvalue weighted by Gasteiger charge is 2.60. The number of para-hydroxylation sites is 1. The summed E-state index contributed by atoms with van der Waals surface area (Å²) in [7, 11) is 0. The maximum absolute atomic E-state index is 10.9. The minimum Gasteiger partial charge on any atom is -0.481 e. The summed E-state index contributed by atoms with van der Waals surface area (Å²) in [5, 5.41) is 10.3. The highest BCUT2D eigenvalue weighted by Crippen LogP contribution is 2.68. The van der Waals surface area contributed by atoms with Crippen LogP contribution in [0.1, 0.15) is 96.4 Å². The number of thiazole rings is 1. The lowest BCUT2D eigenvalue weighted by Crippen LogP contribution is -2.54. The molecule has 1 N–H and O–H groups in total. The predicted octanol–water partition coefficient (Wildman–Crippen LogP) is 8.38. The molecule has 4 aliphatic rings.